The highest BCUT2D eigenvalue weighted by Crippen LogP contribution is 2.49. The molecule has 5 nitrogen and oxygen atoms in total. The first-order chi connectivity index (χ1) is 13.0. The van der Waals surface area contributed by atoms with E-state index in [0.29, 0.717) is 25.2 Å². The van der Waals surface area contributed by atoms with Gasteiger partial charge in [-0.1, -0.05) is 26.2 Å². The number of aliphatic imine (C=N–C) groups is 1. The van der Waals surface area contributed by atoms with E-state index in [4.69, 9.17) is 9.73 Å². The van der Waals surface area contributed by atoms with E-state index in [1.807, 2.05) is 0 Å². The number of rotatable bonds is 8. The van der Waals surface area contributed by atoms with Crippen LogP contribution < -0.4 is 5.32 Å². The van der Waals surface area contributed by atoms with E-state index < -0.39 is 10.2 Å². The van der Waals surface area contributed by atoms with Crippen molar-refractivity contribution in [2.24, 2.45) is 16.8 Å². The Kier molecular flexibility index (Phi) is 7.49. The maximum atomic E-state index is 12.6. The lowest BCUT2D eigenvalue weighted by atomic mass is 9.82. The molecule has 0 radical (unpaired) electrons. The molecule has 0 spiro atoms. The smallest absolute Gasteiger partial charge is 0.223 e. The highest BCUT2D eigenvalue weighted by atomic mass is 32.3. The Morgan fingerprint density at radius 3 is 2.74 bits per heavy atom. The fraction of sp³-hybridized carbons (Fsp3) is 0.905. The van der Waals surface area contributed by atoms with E-state index >= 15 is 0 Å². The van der Waals surface area contributed by atoms with Crippen LogP contribution in [-0.4, -0.2) is 66.7 Å². The van der Waals surface area contributed by atoms with E-state index in [1.165, 1.54) is 37.9 Å². The summed E-state index contributed by atoms with van der Waals surface area (Å²) in [5, 5.41) is 3.10. The van der Waals surface area contributed by atoms with Crippen molar-refractivity contribution in [3.8, 4) is 0 Å². The first-order valence-corrected chi connectivity index (χ1v) is 13.5. The average Bonchev–Trinajstić information content (AvgIpc) is 3.12. The molecule has 0 saturated heterocycles. The van der Waals surface area contributed by atoms with Crippen molar-refractivity contribution < 1.29 is 9.53 Å². The zero-order chi connectivity index (χ0) is 19.3. The zero-order valence-electron chi connectivity index (χ0n) is 17.5. The van der Waals surface area contributed by atoms with Gasteiger partial charge in [0.15, 0.2) is 0 Å². The Hall–Kier alpha value is -0.750. The van der Waals surface area contributed by atoms with Crippen LogP contribution in [0.25, 0.3) is 0 Å². The van der Waals surface area contributed by atoms with Crippen LogP contribution in [0.2, 0.25) is 0 Å². The van der Waals surface area contributed by atoms with Gasteiger partial charge in [-0.3, -0.25) is 9.79 Å². The number of hydrogen-bond acceptors (Lipinski definition) is 4. The molecule has 2 fully saturated rings. The highest BCUT2D eigenvalue weighted by Gasteiger charge is 2.41. The summed E-state index contributed by atoms with van der Waals surface area (Å²) in [5.74, 6) is 2.24. The lowest BCUT2D eigenvalue weighted by molar-refractivity contribution is -0.126. The Bertz CT molecular complexity index is 520. The number of carbonyl (C=O) groups excluding carboxylic acids is 1. The second-order valence-corrected chi connectivity index (χ2v) is 12.9. The van der Waals surface area contributed by atoms with Crippen LogP contribution in [0.4, 0.5) is 0 Å². The molecular weight excluding hydrogens is 358 g/mol. The topological polar surface area (TPSA) is 53.9 Å². The third-order valence-electron chi connectivity index (χ3n) is 6.75. The highest BCUT2D eigenvalue weighted by molar-refractivity contribution is 8.31. The van der Waals surface area contributed by atoms with Gasteiger partial charge in [0.1, 0.15) is 0 Å². The summed E-state index contributed by atoms with van der Waals surface area (Å²) < 4.78 is 8.32. The fourth-order valence-corrected chi connectivity index (χ4v) is 6.29. The van der Waals surface area contributed by atoms with Gasteiger partial charge in [0.25, 0.3) is 0 Å². The van der Waals surface area contributed by atoms with Gasteiger partial charge in [-0.15, -0.1) is 0 Å². The first-order valence-electron chi connectivity index (χ1n) is 10.9. The molecule has 1 aliphatic heterocycles. The molecule has 3 rings (SSSR count). The largest absolute Gasteiger partial charge is 0.379 e. The third-order valence-corrected chi connectivity index (χ3v) is 9.67. The normalized spacial score (nSPS) is 29.6. The van der Waals surface area contributed by atoms with Crippen LogP contribution in [0.3, 0.4) is 0 Å². The van der Waals surface area contributed by atoms with Crippen molar-refractivity contribution in [2.45, 2.75) is 70.4 Å². The molecule has 1 amide bonds. The van der Waals surface area contributed by atoms with Gasteiger partial charge in [-0.25, -0.2) is 0 Å². The van der Waals surface area contributed by atoms with Crippen LogP contribution >= 0.6 is 10.2 Å². The number of fused-ring (bicyclic) bond motifs is 1. The monoisotopic (exact) mass is 397 g/mol. The Labute approximate surface area is 167 Å². The third kappa shape index (κ3) is 5.41. The van der Waals surface area contributed by atoms with Crippen LogP contribution in [0.1, 0.15) is 58.3 Å². The number of hydrogen-bond donors (Lipinski definition) is 1. The van der Waals surface area contributed by atoms with Crippen molar-refractivity contribution in [3.05, 3.63) is 0 Å². The van der Waals surface area contributed by atoms with E-state index in [1.54, 1.807) is 0 Å². The molecule has 0 bridgehead atoms. The molecule has 0 aromatic heterocycles. The molecule has 0 aromatic carbocycles. The zero-order valence-corrected chi connectivity index (χ0v) is 18.3. The maximum Gasteiger partial charge on any atom is 0.223 e. The maximum absolute atomic E-state index is 12.6. The van der Waals surface area contributed by atoms with Gasteiger partial charge < -0.3 is 14.4 Å². The van der Waals surface area contributed by atoms with E-state index in [2.05, 4.69) is 35.4 Å². The molecule has 0 aromatic rings. The van der Waals surface area contributed by atoms with Gasteiger partial charge >= 0.3 is 0 Å². The molecule has 156 valence electrons. The van der Waals surface area contributed by atoms with Crippen molar-refractivity contribution in [1.29, 1.82) is 0 Å². The van der Waals surface area contributed by atoms with Crippen molar-refractivity contribution >= 4 is 22.5 Å². The minimum atomic E-state index is -0.769. The molecule has 2 saturated carbocycles. The Balaban J connectivity index is 1.34. The minimum Gasteiger partial charge on any atom is -0.379 e. The fourth-order valence-electron chi connectivity index (χ4n) is 4.70. The molecule has 27 heavy (non-hydrogen) atoms. The van der Waals surface area contributed by atoms with Gasteiger partial charge in [-0.2, -0.15) is 10.2 Å². The standard InChI is InChI=1S/C21H39N3O2S/c1-4-27(2,3)24-16-23-19-14-18(10-11-20(19)24)21(25)22-12-13-26-15-17-8-6-5-7-9-17/h16-20H,4-15H2,1-3H3,(H,22,25). The number of amides is 1. The summed E-state index contributed by atoms with van der Waals surface area (Å²) in [5.41, 5.74) is 0. The van der Waals surface area contributed by atoms with Crippen LogP contribution in [0.5, 0.6) is 0 Å². The molecule has 1 N–H and O–H groups in total. The summed E-state index contributed by atoms with van der Waals surface area (Å²) in [6, 6.07) is 0.813. The minimum absolute atomic E-state index is 0.112. The predicted molar refractivity (Wildman–Crippen MR) is 116 cm³/mol. The molecule has 3 unspecified atom stereocenters. The number of nitrogens with one attached hydrogen (secondary N) is 1. The van der Waals surface area contributed by atoms with Crippen LogP contribution in [0.15, 0.2) is 4.99 Å². The van der Waals surface area contributed by atoms with Gasteiger partial charge in [0, 0.05) is 19.1 Å². The van der Waals surface area contributed by atoms with E-state index in [9.17, 15) is 4.79 Å². The lowest BCUT2D eigenvalue weighted by Crippen LogP contribution is -2.45. The molecule has 2 aliphatic carbocycles. The molecule has 6 heteroatoms. The Morgan fingerprint density at radius 2 is 2.00 bits per heavy atom. The van der Waals surface area contributed by atoms with E-state index in [-0.39, 0.29) is 11.8 Å². The quantitative estimate of drug-likeness (QED) is 0.637. The van der Waals surface area contributed by atoms with Crippen molar-refractivity contribution in [1.82, 2.24) is 9.62 Å². The summed E-state index contributed by atoms with van der Waals surface area (Å²) in [7, 11) is -0.769. The Morgan fingerprint density at radius 1 is 1.22 bits per heavy atom. The van der Waals surface area contributed by atoms with Gasteiger partial charge in [-0.05, 0) is 56.3 Å². The van der Waals surface area contributed by atoms with E-state index in [0.717, 1.165) is 31.8 Å². The summed E-state index contributed by atoms with van der Waals surface area (Å²) >= 11 is 0. The van der Waals surface area contributed by atoms with Gasteiger partial charge in [0.2, 0.25) is 5.91 Å². The number of nitrogens with zero attached hydrogens (tertiary/aromatic N) is 2. The van der Waals surface area contributed by atoms with Crippen molar-refractivity contribution in [2.75, 3.05) is 38.0 Å². The molecule has 3 aliphatic rings. The predicted octanol–water partition coefficient (Wildman–Crippen LogP) is 3.58. The number of carbonyl (C=O) groups is 1. The van der Waals surface area contributed by atoms with Crippen LogP contribution in [0, 0.1) is 11.8 Å². The summed E-state index contributed by atoms with van der Waals surface area (Å²) in [4.78, 5) is 17.3. The SMILES string of the molecule is CCS(C)(C)N1C=NC2CC(C(=O)NCCOCC3CCCCC3)CCC21. The first kappa shape index (κ1) is 21.0. The van der Waals surface area contributed by atoms with Crippen molar-refractivity contribution in [3.63, 3.8) is 0 Å². The second-order valence-electron chi connectivity index (χ2n) is 8.91. The molecular formula is C21H39N3O2S. The second kappa shape index (κ2) is 9.64. The van der Waals surface area contributed by atoms with Crippen LogP contribution in [-0.2, 0) is 9.53 Å². The number of ether oxygens (including phenoxy) is 1. The molecule has 1 heterocycles. The average molecular weight is 398 g/mol. The molecule has 3 atom stereocenters. The summed E-state index contributed by atoms with van der Waals surface area (Å²) in [6.07, 6.45) is 16.5. The summed E-state index contributed by atoms with van der Waals surface area (Å²) in [6.45, 7) is 4.41. The van der Waals surface area contributed by atoms with Gasteiger partial charge in [0.05, 0.1) is 25.0 Å². The lowest BCUT2D eigenvalue weighted by Gasteiger charge is -2.46.